The van der Waals surface area contributed by atoms with Crippen molar-refractivity contribution in [3.63, 3.8) is 0 Å². The highest BCUT2D eigenvalue weighted by Crippen LogP contribution is 2.27. The molecule has 0 bridgehead atoms. The summed E-state index contributed by atoms with van der Waals surface area (Å²) in [6.07, 6.45) is 3.33. The first kappa shape index (κ1) is 19.0. The van der Waals surface area contributed by atoms with Crippen LogP contribution in [0.1, 0.15) is 13.0 Å². The van der Waals surface area contributed by atoms with Gasteiger partial charge in [-0.2, -0.15) is 5.10 Å². The first-order valence-electron chi connectivity index (χ1n) is 8.81. The quantitative estimate of drug-likeness (QED) is 0.424. The van der Waals surface area contributed by atoms with Gasteiger partial charge in [0, 0.05) is 18.1 Å². The van der Waals surface area contributed by atoms with E-state index in [2.05, 4.69) is 20.5 Å². The average Bonchev–Trinajstić information content (AvgIpc) is 3.39. The fraction of sp³-hybridized carbons (Fsp3) is 0.100. The normalized spacial score (nSPS) is 11.8. The highest BCUT2D eigenvalue weighted by atomic mass is 32.1. The number of amides is 1. The topological polar surface area (TPSA) is 84.8 Å². The number of aromatic amines is 1. The molecule has 0 saturated carbocycles. The van der Waals surface area contributed by atoms with Crippen LogP contribution in [-0.2, 0) is 4.79 Å². The van der Waals surface area contributed by atoms with E-state index in [1.54, 1.807) is 60.3 Å². The van der Waals surface area contributed by atoms with E-state index >= 15 is 0 Å². The Morgan fingerprint density at radius 2 is 1.90 bits per heavy atom. The molecule has 1 aromatic carbocycles. The number of H-pyrrole nitrogens is 1. The summed E-state index contributed by atoms with van der Waals surface area (Å²) >= 11 is 6.87. The van der Waals surface area contributed by atoms with Gasteiger partial charge in [-0.15, -0.1) is 11.3 Å². The average molecular weight is 424 g/mol. The second-order valence-corrected chi connectivity index (χ2v) is 7.51. The Bertz CT molecular complexity index is 1150. The number of anilines is 1. The van der Waals surface area contributed by atoms with Crippen molar-refractivity contribution in [2.24, 2.45) is 0 Å². The Morgan fingerprint density at radius 1 is 1.17 bits per heavy atom. The molecule has 146 valence electrons. The van der Waals surface area contributed by atoms with Gasteiger partial charge < -0.3 is 10.1 Å². The van der Waals surface area contributed by atoms with Gasteiger partial charge in [-0.1, -0.05) is 6.07 Å². The van der Waals surface area contributed by atoms with Crippen LogP contribution >= 0.6 is 23.6 Å². The standard InChI is InChI=1S/C20H17N5O2S2/c1-13(25-18(23-24-20(25)28)17-3-2-12-29-17)19(26)22-14-4-6-15(7-5-14)27-16-8-10-21-11-9-16/h2-13H,1H3,(H,22,26)(H,24,28). The molecular weight excluding hydrogens is 406 g/mol. The molecular formula is C20H17N5O2S2. The fourth-order valence-corrected chi connectivity index (χ4v) is 3.76. The van der Waals surface area contributed by atoms with Crippen LogP contribution in [0, 0.1) is 4.77 Å². The molecule has 0 fully saturated rings. The van der Waals surface area contributed by atoms with E-state index in [0.29, 0.717) is 27.8 Å². The predicted octanol–water partition coefficient (Wildman–Crippen LogP) is 5.06. The zero-order chi connectivity index (χ0) is 20.2. The number of carbonyl (C=O) groups is 1. The Morgan fingerprint density at radius 3 is 2.59 bits per heavy atom. The van der Waals surface area contributed by atoms with E-state index in [0.717, 1.165) is 4.88 Å². The molecule has 4 rings (SSSR count). The van der Waals surface area contributed by atoms with Crippen LogP contribution in [0.25, 0.3) is 10.7 Å². The van der Waals surface area contributed by atoms with Gasteiger partial charge in [0.1, 0.15) is 17.5 Å². The molecule has 3 aromatic heterocycles. The van der Waals surface area contributed by atoms with Crippen molar-refractivity contribution in [1.82, 2.24) is 19.7 Å². The van der Waals surface area contributed by atoms with Gasteiger partial charge in [-0.25, -0.2) is 0 Å². The monoisotopic (exact) mass is 423 g/mol. The van der Waals surface area contributed by atoms with Crippen LogP contribution in [0.15, 0.2) is 66.3 Å². The van der Waals surface area contributed by atoms with Crippen molar-refractivity contribution < 1.29 is 9.53 Å². The lowest BCUT2D eigenvalue weighted by molar-refractivity contribution is -0.118. The summed E-state index contributed by atoms with van der Waals surface area (Å²) in [5.41, 5.74) is 0.664. The maximum Gasteiger partial charge on any atom is 0.247 e. The van der Waals surface area contributed by atoms with E-state index in [9.17, 15) is 4.79 Å². The van der Waals surface area contributed by atoms with Gasteiger partial charge in [0.05, 0.1) is 4.88 Å². The first-order valence-corrected chi connectivity index (χ1v) is 10.1. The Kier molecular flexibility index (Phi) is 5.50. The Labute approximate surface area is 176 Å². The van der Waals surface area contributed by atoms with E-state index in [-0.39, 0.29) is 5.91 Å². The van der Waals surface area contributed by atoms with Crippen LogP contribution in [0.5, 0.6) is 11.5 Å². The van der Waals surface area contributed by atoms with E-state index in [4.69, 9.17) is 17.0 Å². The number of carbonyl (C=O) groups excluding carboxylic acids is 1. The Hall–Kier alpha value is -3.30. The van der Waals surface area contributed by atoms with Crippen molar-refractivity contribution in [3.8, 4) is 22.2 Å². The van der Waals surface area contributed by atoms with Gasteiger partial charge in [-0.3, -0.25) is 19.4 Å². The summed E-state index contributed by atoms with van der Waals surface area (Å²) < 4.78 is 7.86. The molecule has 7 nitrogen and oxygen atoms in total. The van der Waals surface area contributed by atoms with Crippen LogP contribution < -0.4 is 10.1 Å². The van der Waals surface area contributed by atoms with Gasteiger partial charge in [0.15, 0.2) is 10.6 Å². The van der Waals surface area contributed by atoms with Crippen LogP contribution in [0.2, 0.25) is 0 Å². The molecule has 0 spiro atoms. The molecule has 29 heavy (non-hydrogen) atoms. The zero-order valence-electron chi connectivity index (χ0n) is 15.4. The molecule has 0 aliphatic heterocycles. The molecule has 0 aliphatic carbocycles. The summed E-state index contributed by atoms with van der Waals surface area (Å²) in [5.74, 6) is 1.82. The number of nitrogens with zero attached hydrogens (tertiary/aromatic N) is 3. The molecule has 4 aromatic rings. The number of hydrogen-bond donors (Lipinski definition) is 2. The van der Waals surface area contributed by atoms with Crippen molar-refractivity contribution >= 4 is 35.1 Å². The Balaban J connectivity index is 1.47. The lowest BCUT2D eigenvalue weighted by Gasteiger charge is -2.15. The maximum atomic E-state index is 12.8. The lowest BCUT2D eigenvalue weighted by Crippen LogP contribution is -2.24. The van der Waals surface area contributed by atoms with Crippen LogP contribution in [0.4, 0.5) is 5.69 Å². The van der Waals surface area contributed by atoms with Crippen molar-refractivity contribution in [2.45, 2.75) is 13.0 Å². The summed E-state index contributed by atoms with van der Waals surface area (Å²) in [4.78, 5) is 17.7. The third-order valence-corrected chi connectivity index (χ3v) is 5.37. The van der Waals surface area contributed by atoms with Crippen molar-refractivity contribution in [1.29, 1.82) is 0 Å². The molecule has 0 aliphatic rings. The molecule has 0 radical (unpaired) electrons. The van der Waals surface area contributed by atoms with Gasteiger partial charge in [0.25, 0.3) is 0 Å². The number of rotatable bonds is 6. The highest BCUT2D eigenvalue weighted by Gasteiger charge is 2.21. The third-order valence-electron chi connectivity index (χ3n) is 4.22. The second kappa shape index (κ2) is 8.38. The minimum Gasteiger partial charge on any atom is -0.457 e. The summed E-state index contributed by atoms with van der Waals surface area (Å²) in [6.45, 7) is 1.79. The third kappa shape index (κ3) is 4.25. The fourth-order valence-electron chi connectivity index (χ4n) is 2.76. The number of nitrogens with one attached hydrogen (secondary N) is 2. The summed E-state index contributed by atoms with van der Waals surface area (Å²) in [6, 6.07) is 14.1. The maximum absolute atomic E-state index is 12.8. The zero-order valence-corrected chi connectivity index (χ0v) is 17.0. The van der Waals surface area contributed by atoms with Crippen molar-refractivity contribution in [2.75, 3.05) is 5.32 Å². The van der Waals surface area contributed by atoms with E-state index in [1.165, 1.54) is 11.3 Å². The summed E-state index contributed by atoms with van der Waals surface area (Å²) in [7, 11) is 0. The predicted molar refractivity (Wildman–Crippen MR) is 115 cm³/mol. The molecule has 1 atom stereocenters. The minimum absolute atomic E-state index is 0.192. The molecule has 1 unspecified atom stereocenters. The van der Waals surface area contributed by atoms with E-state index in [1.807, 2.05) is 17.5 Å². The van der Waals surface area contributed by atoms with Gasteiger partial charge >= 0.3 is 0 Å². The second-order valence-electron chi connectivity index (χ2n) is 6.17. The number of pyridine rings is 1. The summed E-state index contributed by atoms with van der Waals surface area (Å²) in [5, 5.41) is 11.9. The van der Waals surface area contributed by atoms with E-state index < -0.39 is 6.04 Å². The largest absolute Gasteiger partial charge is 0.457 e. The molecule has 0 saturated heterocycles. The smallest absolute Gasteiger partial charge is 0.247 e. The first-order chi connectivity index (χ1) is 14.1. The van der Waals surface area contributed by atoms with Gasteiger partial charge in [0.2, 0.25) is 5.91 Å². The van der Waals surface area contributed by atoms with Crippen molar-refractivity contribution in [3.05, 3.63) is 71.1 Å². The van der Waals surface area contributed by atoms with Crippen LogP contribution in [-0.4, -0.2) is 25.7 Å². The number of aromatic nitrogens is 4. The molecule has 1 amide bonds. The number of hydrogen-bond acceptors (Lipinski definition) is 6. The number of benzene rings is 1. The highest BCUT2D eigenvalue weighted by molar-refractivity contribution is 7.71. The SMILES string of the molecule is CC(C(=O)Nc1ccc(Oc2ccncc2)cc1)n1c(-c2cccs2)n[nH]c1=S. The number of ether oxygens (including phenoxy) is 1. The molecule has 9 heteroatoms. The van der Waals surface area contributed by atoms with Crippen LogP contribution in [0.3, 0.4) is 0 Å². The van der Waals surface area contributed by atoms with Gasteiger partial charge in [-0.05, 0) is 67.0 Å². The lowest BCUT2D eigenvalue weighted by atomic mass is 10.2. The molecule has 3 heterocycles. The molecule has 2 N–H and O–H groups in total. The number of thiophene rings is 1. The minimum atomic E-state index is -0.536.